The Morgan fingerprint density at radius 2 is 1.51 bits per heavy atom. The van der Waals surface area contributed by atoms with Gasteiger partial charge in [0.15, 0.2) is 5.75 Å². The molecule has 6 heteroatoms. The summed E-state index contributed by atoms with van der Waals surface area (Å²) in [6, 6.07) is 29.7. The van der Waals surface area contributed by atoms with Crippen LogP contribution in [0.2, 0.25) is 0 Å². The largest absolute Gasteiger partial charge is 0.352 e. The molecule has 4 rings (SSSR count). The maximum Gasteiger partial charge on any atom is 0.352 e. The van der Waals surface area contributed by atoms with Gasteiger partial charge in [-0.1, -0.05) is 72.8 Å². The summed E-state index contributed by atoms with van der Waals surface area (Å²) in [5.41, 5.74) is 4.98. The van der Waals surface area contributed by atoms with Crippen LogP contribution in [0.4, 0.5) is 0 Å². The number of aromatic amines is 1. The van der Waals surface area contributed by atoms with Gasteiger partial charge in [0.1, 0.15) is 0 Å². The molecule has 1 aromatic heterocycles. The number of nitrogens with one attached hydrogen (secondary N) is 1. The fourth-order valence-electron chi connectivity index (χ4n) is 4.21. The van der Waals surface area contributed by atoms with Crippen molar-refractivity contribution in [3.63, 3.8) is 0 Å². The van der Waals surface area contributed by atoms with Crippen LogP contribution in [-0.2, 0) is 22.5 Å². The highest BCUT2D eigenvalue weighted by atomic mass is 17.2. The van der Waals surface area contributed by atoms with Crippen LogP contribution < -0.4 is 10.4 Å². The van der Waals surface area contributed by atoms with Crippen LogP contribution in [0.25, 0.3) is 0 Å². The Morgan fingerprint density at radius 1 is 0.857 bits per heavy atom. The molecule has 1 N–H and O–H groups in total. The van der Waals surface area contributed by atoms with Gasteiger partial charge in [-0.15, -0.1) is 0 Å². The lowest BCUT2D eigenvalue weighted by Gasteiger charge is -2.20. The van der Waals surface area contributed by atoms with Crippen molar-refractivity contribution >= 4 is 5.97 Å². The van der Waals surface area contributed by atoms with Crippen LogP contribution in [0, 0.1) is 0 Å². The molecule has 0 atom stereocenters. The standard InChI is InChI=1S/C29H28N2O4/c1-21(32)34-35-26-18-10-12-22(19-26)11-8-9-17-25-20-27(33)30-31-29(25)28(23-13-4-2-5-14-23)24-15-6-3-7-16-24/h2-7,10,12-16,18-20,28H,8-9,11,17H2,1H3,(H,30,33). The Bertz CT molecular complexity index is 1260. The SMILES string of the molecule is CC(=O)OOc1cccc(CCCCc2cc(=O)[nH]nc2C(c2ccccc2)c2ccccc2)c1. The zero-order chi connectivity index (χ0) is 24.5. The summed E-state index contributed by atoms with van der Waals surface area (Å²) in [4.78, 5) is 32.8. The normalized spacial score (nSPS) is 10.8. The minimum atomic E-state index is -0.498. The third-order valence-corrected chi connectivity index (χ3v) is 5.78. The molecule has 0 aliphatic carbocycles. The smallest absolute Gasteiger partial charge is 0.287 e. The van der Waals surface area contributed by atoms with E-state index in [-0.39, 0.29) is 11.5 Å². The summed E-state index contributed by atoms with van der Waals surface area (Å²) in [6.45, 7) is 1.29. The predicted octanol–water partition coefficient (Wildman–Crippen LogP) is 5.37. The first-order valence-electron chi connectivity index (χ1n) is 11.7. The fraction of sp³-hybridized carbons (Fsp3) is 0.207. The van der Waals surface area contributed by atoms with Gasteiger partial charge in [-0.05, 0) is 60.1 Å². The maximum absolute atomic E-state index is 12.2. The maximum atomic E-state index is 12.2. The number of carbonyl (C=O) groups excluding carboxylic acids is 1. The average Bonchev–Trinajstić information content (AvgIpc) is 2.88. The second kappa shape index (κ2) is 11.8. The van der Waals surface area contributed by atoms with Crippen molar-refractivity contribution in [3.8, 4) is 5.75 Å². The molecule has 4 aromatic rings. The number of carbonyl (C=O) groups is 1. The molecule has 0 saturated carbocycles. The van der Waals surface area contributed by atoms with Gasteiger partial charge in [0.25, 0.3) is 5.56 Å². The van der Waals surface area contributed by atoms with E-state index in [0.29, 0.717) is 5.75 Å². The quantitative estimate of drug-likeness (QED) is 0.192. The topological polar surface area (TPSA) is 81.3 Å². The Hall–Kier alpha value is -4.19. The molecule has 3 aromatic carbocycles. The van der Waals surface area contributed by atoms with Crippen molar-refractivity contribution in [1.29, 1.82) is 0 Å². The number of hydrogen-bond acceptors (Lipinski definition) is 5. The zero-order valence-corrected chi connectivity index (χ0v) is 19.6. The molecule has 0 fully saturated rings. The van der Waals surface area contributed by atoms with E-state index in [1.54, 1.807) is 12.1 Å². The van der Waals surface area contributed by atoms with Gasteiger partial charge >= 0.3 is 5.97 Å². The number of nitrogens with zero attached hydrogens (tertiary/aromatic N) is 1. The Balaban J connectivity index is 1.49. The first-order chi connectivity index (χ1) is 17.1. The van der Waals surface area contributed by atoms with E-state index in [1.807, 2.05) is 54.6 Å². The third-order valence-electron chi connectivity index (χ3n) is 5.78. The van der Waals surface area contributed by atoms with E-state index in [9.17, 15) is 9.59 Å². The van der Waals surface area contributed by atoms with Gasteiger partial charge < -0.3 is 0 Å². The van der Waals surface area contributed by atoms with Crippen LogP contribution in [0.15, 0.2) is 95.8 Å². The van der Waals surface area contributed by atoms with E-state index in [1.165, 1.54) is 6.92 Å². The molecule has 0 saturated heterocycles. The number of rotatable bonds is 10. The van der Waals surface area contributed by atoms with Crippen LogP contribution in [0.3, 0.4) is 0 Å². The lowest BCUT2D eigenvalue weighted by molar-refractivity contribution is -0.210. The highest BCUT2D eigenvalue weighted by Crippen LogP contribution is 2.32. The van der Waals surface area contributed by atoms with Crippen molar-refractivity contribution in [2.45, 2.75) is 38.5 Å². The summed E-state index contributed by atoms with van der Waals surface area (Å²) < 4.78 is 0. The van der Waals surface area contributed by atoms with E-state index in [2.05, 4.69) is 39.4 Å². The molecule has 0 aliphatic heterocycles. The number of H-pyrrole nitrogens is 1. The monoisotopic (exact) mass is 468 g/mol. The molecular formula is C29H28N2O4. The van der Waals surface area contributed by atoms with Crippen molar-refractivity contribution in [3.05, 3.63) is 129 Å². The fourth-order valence-corrected chi connectivity index (χ4v) is 4.21. The number of unbranched alkanes of at least 4 members (excludes halogenated alkanes) is 1. The highest BCUT2D eigenvalue weighted by Gasteiger charge is 2.21. The van der Waals surface area contributed by atoms with E-state index >= 15 is 0 Å². The van der Waals surface area contributed by atoms with Gasteiger partial charge in [0.2, 0.25) is 0 Å². The first kappa shape index (κ1) is 24.0. The van der Waals surface area contributed by atoms with Gasteiger partial charge in [-0.2, -0.15) is 5.10 Å². The number of benzene rings is 3. The minimum Gasteiger partial charge on any atom is -0.287 e. The lowest BCUT2D eigenvalue weighted by Crippen LogP contribution is -2.17. The summed E-state index contributed by atoms with van der Waals surface area (Å²) in [6.07, 6.45) is 3.39. The lowest BCUT2D eigenvalue weighted by atomic mass is 9.85. The van der Waals surface area contributed by atoms with Gasteiger partial charge in [0, 0.05) is 13.0 Å². The molecule has 0 unspecified atom stereocenters. The van der Waals surface area contributed by atoms with Crippen LogP contribution in [-0.4, -0.2) is 16.2 Å². The molecular weight excluding hydrogens is 440 g/mol. The molecule has 1 heterocycles. The van der Waals surface area contributed by atoms with Crippen molar-refractivity contribution in [2.75, 3.05) is 0 Å². The Morgan fingerprint density at radius 3 is 2.17 bits per heavy atom. The average molecular weight is 469 g/mol. The molecule has 6 nitrogen and oxygen atoms in total. The van der Waals surface area contributed by atoms with E-state index in [0.717, 1.165) is 53.6 Å². The summed E-state index contributed by atoms with van der Waals surface area (Å²) in [5.74, 6) is -0.0753. The van der Waals surface area contributed by atoms with Crippen molar-refractivity contribution < 1.29 is 14.6 Å². The zero-order valence-electron chi connectivity index (χ0n) is 19.6. The first-order valence-corrected chi connectivity index (χ1v) is 11.7. The van der Waals surface area contributed by atoms with E-state index in [4.69, 9.17) is 4.89 Å². The van der Waals surface area contributed by atoms with Crippen LogP contribution in [0.1, 0.15) is 53.6 Å². The molecule has 0 spiro atoms. The van der Waals surface area contributed by atoms with Crippen molar-refractivity contribution in [2.24, 2.45) is 0 Å². The Kier molecular flexibility index (Phi) is 8.07. The molecule has 0 radical (unpaired) electrons. The number of aromatic nitrogens is 2. The molecule has 0 aliphatic rings. The predicted molar refractivity (Wildman–Crippen MR) is 134 cm³/mol. The number of hydrogen-bond donors (Lipinski definition) is 1. The molecule has 35 heavy (non-hydrogen) atoms. The molecule has 178 valence electrons. The van der Waals surface area contributed by atoms with Gasteiger partial charge in [-0.3, -0.25) is 14.6 Å². The minimum absolute atomic E-state index is 0.0700. The summed E-state index contributed by atoms with van der Waals surface area (Å²) in [7, 11) is 0. The summed E-state index contributed by atoms with van der Waals surface area (Å²) >= 11 is 0. The number of aryl methyl sites for hydroxylation is 2. The molecule has 0 amide bonds. The van der Waals surface area contributed by atoms with Gasteiger partial charge in [0.05, 0.1) is 11.6 Å². The van der Waals surface area contributed by atoms with Gasteiger partial charge in [-0.25, -0.2) is 9.89 Å². The summed E-state index contributed by atoms with van der Waals surface area (Å²) in [5, 5.41) is 7.17. The van der Waals surface area contributed by atoms with Crippen LogP contribution >= 0.6 is 0 Å². The van der Waals surface area contributed by atoms with E-state index < -0.39 is 5.97 Å². The Labute approximate surface area is 204 Å². The molecule has 0 bridgehead atoms. The highest BCUT2D eigenvalue weighted by molar-refractivity contribution is 5.65. The second-order valence-corrected chi connectivity index (χ2v) is 8.41. The third kappa shape index (κ3) is 6.67. The van der Waals surface area contributed by atoms with Crippen LogP contribution in [0.5, 0.6) is 5.75 Å². The second-order valence-electron chi connectivity index (χ2n) is 8.41. The van der Waals surface area contributed by atoms with Crippen molar-refractivity contribution in [1.82, 2.24) is 10.2 Å².